The van der Waals surface area contributed by atoms with Crippen molar-refractivity contribution in [3.8, 4) is 0 Å². The molecule has 0 radical (unpaired) electrons. The summed E-state index contributed by atoms with van der Waals surface area (Å²) in [5.41, 5.74) is 5.06. The van der Waals surface area contributed by atoms with Gasteiger partial charge in [0, 0.05) is 7.85 Å². The van der Waals surface area contributed by atoms with Crippen molar-refractivity contribution < 1.29 is 6.22 Å². The molecule has 0 saturated carbocycles. The molecule has 0 atom stereocenters. The van der Waals surface area contributed by atoms with E-state index >= 15 is 0 Å². The number of aldehydes is 1. The molecule has 2 nitrogen and oxygen atoms in total. The van der Waals surface area contributed by atoms with Gasteiger partial charge in [-0.05, 0) is 13.0 Å². The number of carbonyl (C=O) groups is 1. The third kappa shape index (κ3) is 17.4. The first-order chi connectivity index (χ1) is 3.91. The number of carbonyl (C=O) groups excluding carboxylic acids is 1. The van der Waals surface area contributed by atoms with Crippen LogP contribution in [0.2, 0.25) is 0 Å². The Labute approximate surface area is 52.6 Å². The number of rotatable bonds is 3. The van der Waals surface area contributed by atoms with Crippen molar-refractivity contribution in [3.63, 3.8) is 0 Å². The van der Waals surface area contributed by atoms with Crippen LogP contribution in [-0.4, -0.2) is 12.8 Å². The number of nitrogens with two attached hydrogens (primary N) is 1. The molecule has 0 aliphatic heterocycles. The second-order valence-corrected chi connectivity index (χ2v) is 1.10. The summed E-state index contributed by atoms with van der Waals surface area (Å²) in [7, 11) is 0. The Balaban J connectivity index is -0.000000109. The first-order valence-electron chi connectivity index (χ1n) is 3.05. The predicted molar refractivity (Wildman–Crippen MR) is 37.8 cm³/mol. The molecule has 0 unspecified atom stereocenters. The average molecular weight is 119 g/mol. The van der Waals surface area contributed by atoms with Crippen LogP contribution in [0.3, 0.4) is 0 Å². The smallest absolute Gasteiger partial charge is 0.120 e. The zero-order valence-corrected chi connectivity index (χ0v) is 5.68. The molecule has 0 rings (SSSR count). The maximum atomic E-state index is 9.51. The normalized spacial score (nSPS) is 6.88. The topological polar surface area (TPSA) is 43.1 Å². The summed E-state index contributed by atoms with van der Waals surface area (Å²) in [6, 6.07) is 0. The van der Waals surface area contributed by atoms with E-state index in [1.807, 2.05) is 13.8 Å². The Morgan fingerprint density at radius 3 is 2.25 bits per heavy atom. The SMILES string of the molecule is CC.NCCCC=O.[HH]. The second kappa shape index (κ2) is 15.9. The second-order valence-electron chi connectivity index (χ2n) is 1.10. The summed E-state index contributed by atoms with van der Waals surface area (Å²) in [6.07, 6.45) is 2.31. The minimum atomic E-state index is 0. The number of unbranched alkanes of at least 4 members (excludes halogenated alkanes) is 1. The quantitative estimate of drug-likeness (QED) is 0.448. The van der Waals surface area contributed by atoms with Gasteiger partial charge in [-0.2, -0.15) is 0 Å². The van der Waals surface area contributed by atoms with Gasteiger partial charge in [0.25, 0.3) is 0 Å². The van der Waals surface area contributed by atoms with Gasteiger partial charge in [0.2, 0.25) is 0 Å². The molecular weight excluding hydrogens is 102 g/mol. The van der Waals surface area contributed by atoms with Gasteiger partial charge in [-0.15, -0.1) is 0 Å². The highest BCUT2D eigenvalue weighted by Crippen LogP contribution is 1.75. The third-order valence-electron chi connectivity index (χ3n) is 0.526. The van der Waals surface area contributed by atoms with Gasteiger partial charge in [-0.1, -0.05) is 13.8 Å². The molecule has 52 valence electrons. The predicted octanol–water partition coefficient (Wildman–Crippen LogP) is 1.20. The van der Waals surface area contributed by atoms with E-state index in [2.05, 4.69) is 0 Å². The highest BCUT2D eigenvalue weighted by Gasteiger charge is 1.74. The minimum Gasteiger partial charge on any atom is -0.330 e. The Morgan fingerprint density at radius 1 is 1.62 bits per heavy atom. The zero-order valence-electron chi connectivity index (χ0n) is 5.68. The largest absolute Gasteiger partial charge is 0.330 e. The summed E-state index contributed by atoms with van der Waals surface area (Å²) < 4.78 is 0. The fourth-order valence-electron chi connectivity index (χ4n) is 0.201. The van der Waals surface area contributed by atoms with Gasteiger partial charge in [0.05, 0.1) is 0 Å². The molecule has 0 aliphatic rings. The van der Waals surface area contributed by atoms with Crippen molar-refractivity contribution in [1.29, 1.82) is 0 Å². The highest BCUT2D eigenvalue weighted by atomic mass is 16.1. The lowest BCUT2D eigenvalue weighted by Crippen LogP contribution is -1.97. The van der Waals surface area contributed by atoms with E-state index in [0.29, 0.717) is 13.0 Å². The van der Waals surface area contributed by atoms with E-state index in [4.69, 9.17) is 5.73 Å². The molecule has 0 aromatic rings. The molecule has 0 heterocycles. The van der Waals surface area contributed by atoms with E-state index in [0.717, 1.165) is 12.7 Å². The van der Waals surface area contributed by atoms with Crippen LogP contribution in [0.4, 0.5) is 0 Å². The molecule has 0 saturated heterocycles. The molecule has 0 aliphatic carbocycles. The fraction of sp³-hybridized carbons (Fsp3) is 0.833. The van der Waals surface area contributed by atoms with Crippen molar-refractivity contribution in [2.75, 3.05) is 6.54 Å². The maximum Gasteiger partial charge on any atom is 0.120 e. The molecular formula is C6H17NO. The van der Waals surface area contributed by atoms with Crippen molar-refractivity contribution in [1.82, 2.24) is 0 Å². The number of hydrogen-bond acceptors (Lipinski definition) is 2. The highest BCUT2D eigenvalue weighted by molar-refractivity contribution is 5.48. The van der Waals surface area contributed by atoms with E-state index in [1.54, 1.807) is 0 Å². The maximum absolute atomic E-state index is 9.51. The van der Waals surface area contributed by atoms with Gasteiger partial charge in [0.15, 0.2) is 0 Å². The van der Waals surface area contributed by atoms with Crippen LogP contribution in [0.25, 0.3) is 0 Å². The first-order valence-corrected chi connectivity index (χ1v) is 3.05. The van der Waals surface area contributed by atoms with Gasteiger partial charge < -0.3 is 10.5 Å². The Bertz CT molecular complexity index is 42.0. The molecule has 2 heteroatoms. The van der Waals surface area contributed by atoms with Crippen molar-refractivity contribution >= 4 is 6.29 Å². The van der Waals surface area contributed by atoms with Crippen LogP contribution in [0.15, 0.2) is 0 Å². The standard InChI is InChI=1S/C4H9NO.C2H6.H2/c5-3-1-2-4-6;1-2;/h4H,1-3,5H2;1-2H3;1H. The van der Waals surface area contributed by atoms with E-state index in [-0.39, 0.29) is 1.43 Å². The molecule has 0 aromatic heterocycles. The summed E-state index contributed by atoms with van der Waals surface area (Å²) in [5, 5.41) is 0. The fourth-order valence-corrected chi connectivity index (χ4v) is 0.201. The van der Waals surface area contributed by atoms with E-state index in [9.17, 15) is 4.79 Å². The molecule has 2 N–H and O–H groups in total. The number of hydrogen-bond donors (Lipinski definition) is 1. The average Bonchev–Trinajstić information content (AvgIpc) is 1.88. The first kappa shape index (κ1) is 10.6. The van der Waals surface area contributed by atoms with Gasteiger partial charge >= 0.3 is 0 Å². The van der Waals surface area contributed by atoms with Crippen LogP contribution in [-0.2, 0) is 4.79 Å². The molecule has 0 amide bonds. The lowest BCUT2D eigenvalue weighted by atomic mass is 10.3. The van der Waals surface area contributed by atoms with Gasteiger partial charge in [-0.3, -0.25) is 0 Å². The summed E-state index contributed by atoms with van der Waals surface area (Å²) >= 11 is 0. The van der Waals surface area contributed by atoms with Crippen LogP contribution in [0, 0.1) is 0 Å². The Morgan fingerprint density at radius 2 is 2.12 bits per heavy atom. The molecule has 8 heavy (non-hydrogen) atoms. The molecule has 0 bridgehead atoms. The van der Waals surface area contributed by atoms with Crippen molar-refractivity contribution in [3.05, 3.63) is 0 Å². The third-order valence-corrected chi connectivity index (χ3v) is 0.526. The monoisotopic (exact) mass is 119 g/mol. The molecule has 0 fully saturated rings. The lowest BCUT2D eigenvalue weighted by Gasteiger charge is -1.79. The Hall–Kier alpha value is -0.370. The van der Waals surface area contributed by atoms with Crippen LogP contribution in [0.5, 0.6) is 0 Å². The summed E-state index contributed by atoms with van der Waals surface area (Å²) in [5.74, 6) is 0. The molecule has 0 spiro atoms. The van der Waals surface area contributed by atoms with Crippen LogP contribution < -0.4 is 5.73 Å². The van der Waals surface area contributed by atoms with Crippen LogP contribution >= 0.6 is 0 Å². The van der Waals surface area contributed by atoms with E-state index < -0.39 is 0 Å². The molecule has 0 aromatic carbocycles. The minimum absolute atomic E-state index is 0. The van der Waals surface area contributed by atoms with Crippen molar-refractivity contribution in [2.45, 2.75) is 26.7 Å². The summed E-state index contributed by atoms with van der Waals surface area (Å²) in [6.45, 7) is 4.62. The Kier molecular flexibility index (Phi) is 21.1. The zero-order chi connectivity index (χ0) is 6.83. The van der Waals surface area contributed by atoms with Crippen molar-refractivity contribution in [2.24, 2.45) is 5.73 Å². The summed E-state index contributed by atoms with van der Waals surface area (Å²) in [4.78, 5) is 9.51. The van der Waals surface area contributed by atoms with Gasteiger partial charge in [0.1, 0.15) is 6.29 Å². The van der Waals surface area contributed by atoms with Crippen LogP contribution in [0.1, 0.15) is 28.1 Å². The van der Waals surface area contributed by atoms with Gasteiger partial charge in [-0.25, -0.2) is 0 Å². The lowest BCUT2D eigenvalue weighted by molar-refractivity contribution is -0.107. The van der Waals surface area contributed by atoms with E-state index in [1.165, 1.54) is 0 Å².